The SMILES string of the molecule is CCC(c1cccc([N+](=O)[O-])c1)C(C)C(=O)[O-]. The Hall–Kier alpha value is -1.91. The van der Waals surface area contributed by atoms with E-state index in [4.69, 9.17) is 0 Å². The van der Waals surface area contributed by atoms with Crippen LogP contribution >= 0.6 is 0 Å². The number of nitro groups is 1. The van der Waals surface area contributed by atoms with Crippen molar-refractivity contribution in [2.75, 3.05) is 0 Å². The van der Waals surface area contributed by atoms with Crippen LogP contribution < -0.4 is 5.11 Å². The number of aliphatic carboxylic acids is 1. The summed E-state index contributed by atoms with van der Waals surface area (Å²) in [6, 6.07) is 6.09. The molecular weight excluding hydrogens is 222 g/mol. The molecule has 92 valence electrons. The fourth-order valence-electron chi connectivity index (χ4n) is 1.91. The van der Waals surface area contributed by atoms with E-state index in [9.17, 15) is 20.0 Å². The first kappa shape index (κ1) is 13.2. The minimum atomic E-state index is -1.14. The lowest BCUT2D eigenvalue weighted by molar-refractivity contribution is -0.385. The standard InChI is InChI=1S/C12H15NO4/c1-3-11(8(2)12(14)15)9-5-4-6-10(7-9)13(16)17/h4-8,11H,3H2,1-2H3,(H,14,15)/p-1. The van der Waals surface area contributed by atoms with Gasteiger partial charge in [0, 0.05) is 24.0 Å². The van der Waals surface area contributed by atoms with E-state index in [1.54, 1.807) is 19.1 Å². The van der Waals surface area contributed by atoms with Gasteiger partial charge in [-0.1, -0.05) is 26.0 Å². The number of non-ortho nitro benzene ring substituents is 1. The van der Waals surface area contributed by atoms with Crippen LogP contribution in [0.3, 0.4) is 0 Å². The third-order valence-corrected chi connectivity index (χ3v) is 2.92. The van der Waals surface area contributed by atoms with Crippen LogP contribution in [0.4, 0.5) is 5.69 Å². The average molecular weight is 236 g/mol. The van der Waals surface area contributed by atoms with Crippen LogP contribution in [0.1, 0.15) is 31.7 Å². The predicted molar refractivity (Wildman–Crippen MR) is 60.3 cm³/mol. The molecule has 1 rings (SSSR count). The van der Waals surface area contributed by atoms with Crippen molar-refractivity contribution in [1.29, 1.82) is 0 Å². The molecule has 0 aliphatic carbocycles. The summed E-state index contributed by atoms with van der Waals surface area (Å²) in [5.41, 5.74) is 0.643. The quantitative estimate of drug-likeness (QED) is 0.572. The molecule has 1 aromatic carbocycles. The number of carbonyl (C=O) groups is 1. The number of hydrogen-bond acceptors (Lipinski definition) is 4. The van der Waals surface area contributed by atoms with Crippen LogP contribution in [0.5, 0.6) is 0 Å². The summed E-state index contributed by atoms with van der Waals surface area (Å²) in [4.78, 5) is 21.0. The first-order valence-electron chi connectivity index (χ1n) is 5.42. The van der Waals surface area contributed by atoms with Crippen LogP contribution in [-0.4, -0.2) is 10.9 Å². The number of benzene rings is 1. The van der Waals surface area contributed by atoms with E-state index < -0.39 is 16.8 Å². The lowest BCUT2D eigenvalue weighted by atomic mass is 9.85. The van der Waals surface area contributed by atoms with Gasteiger partial charge in [0.1, 0.15) is 0 Å². The second-order valence-corrected chi connectivity index (χ2v) is 3.97. The van der Waals surface area contributed by atoms with Crippen molar-refractivity contribution in [3.63, 3.8) is 0 Å². The largest absolute Gasteiger partial charge is 0.550 e. The molecule has 0 saturated carbocycles. The molecule has 0 spiro atoms. The molecule has 0 aliphatic heterocycles. The van der Waals surface area contributed by atoms with Gasteiger partial charge >= 0.3 is 0 Å². The number of carbonyl (C=O) groups excluding carboxylic acids is 1. The average Bonchev–Trinajstić information content (AvgIpc) is 2.30. The number of hydrogen-bond donors (Lipinski definition) is 0. The Bertz CT molecular complexity index is 430. The highest BCUT2D eigenvalue weighted by atomic mass is 16.6. The van der Waals surface area contributed by atoms with E-state index in [2.05, 4.69) is 0 Å². The molecule has 0 aliphatic rings. The molecule has 0 N–H and O–H groups in total. The van der Waals surface area contributed by atoms with E-state index in [1.165, 1.54) is 12.1 Å². The van der Waals surface area contributed by atoms with E-state index in [1.807, 2.05) is 6.92 Å². The number of rotatable bonds is 5. The van der Waals surface area contributed by atoms with Gasteiger partial charge in [-0.25, -0.2) is 0 Å². The third kappa shape index (κ3) is 3.03. The van der Waals surface area contributed by atoms with Gasteiger partial charge in [0.05, 0.1) is 4.92 Å². The summed E-state index contributed by atoms with van der Waals surface area (Å²) in [7, 11) is 0. The van der Waals surface area contributed by atoms with Gasteiger partial charge < -0.3 is 9.90 Å². The number of nitrogens with zero attached hydrogens (tertiary/aromatic N) is 1. The maximum atomic E-state index is 10.8. The molecule has 2 unspecified atom stereocenters. The van der Waals surface area contributed by atoms with Crippen LogP contribution in [-0.2, 0) is 4.79 Å². The fraction of sp³-hybridized carbons (Fsp3) is 0.417. The molecule has 1 aromatic rings. The number of nitro benzene ring substituents is 1. The van der Waals surface area contributed by atoms with Gasteiger partial charge in [-0.2, -0.15) is 0 Å². The predicted octanol–water partition coefficient (Wildman–Crippen LogP) is 1.47. The lowest BCUT2D eigenvalue weighted by Gasteiger charge is -2.23. The van der Waals surface area contributed by atoms with Crippen molar-refractivity contribution < 1.29 is 14.8 Å². The first-order chi connectivity index (χ1) is 7.97. The molecule has 0 bridgehead atoms. The number of carboxylic acid groups (broad SMARTS) is 1. The smallest absolute Gasteiger partial charge is 0.269 e. The Morgan fingerprint density at radius 1 is 1.47 bits per heavy atom. The van der Waals surface area contributed by atoms with E-state index in [-0.39, 0.29) is 11.6 Å². The third-order valence-electron chi connectivity index (χ3n) is 2.92. The summed E-state index contributed by atoms with van der Waals surface area (Å²) in [5.74, 6) is -2.06. The summed E-state index contributed by atoms with van der Waals surface area (Å²) in [6.45, 7) is 3.41. The molecule has 2 atom stereocenters. The second-order valence-electron chi connectivity index (χ2n) is 3.97. The summed E-state index contributed by atoms with van der Waals surface area (Å²) in [6.07, 6.45) is 0.594. The van der Waals surface area contributed by atoms with Crippen molar-refractivity contribution in [2.24, 2.45) is 5.92 Å². The molecular formula is C12H14NO4-. The fourth-order valence-corrected chi connectivity index (χ4v) is 1.91. The Balaban J connectivity index is 3.08. The summed E-state index contributed by atoms with van der Waals surface area (Å²) < 4.78 is 0. The van der Waals surface area contributed by atoms with Crippen molar-refractivity contribution in [2.45, 2.75) is 26.2 Å². The van der Waals surface area contributed by atoms with Crippen LogP contribution in [0.25, 0.3) is 0 Å². The Morgan fingerprint density at radius 3 is 2.59 bits per heavy atom. The first-order valence-corrected chi connectivity index (χ1v) is 5.42. The molecule has 17 heavy (non-hydrogen) atoms. The van der Waals surface area contributed by atoms with Crippen LogP contribution in [0, 0.1) is 16.0 Å². The van der Waals surface area contributed by atoms with Gasteiger partial charge in [0.15, 0.2) is 0 Å². The van der Waals surface area contributed by atoms with E-state index in [0.717, 1.165) is 0 Å². The van der Waals surface area contributed by atoms with Crippen LogP contribution in [0.2, 0.25) is 0 Å². The monoisotopic (exact) mass is 236 g/mol. The summed E-state index contributed by atoms with van der Waals surface area (Å²) >= 11 is 0. The molecule has 0 aromatic heterocycles. The highest BCUT2D eigenvalue weighted by Crippen LogP contribution is 2.29. The molecule has 0 amide bonds. The van der Waals surface area contributed by atoms with Gasteiger partial charge in [0.2, 0.25) is 0 Å². The van der Waals surface area contributed by atoms with Crippen LogP contribution in [0.15, 0.2) is 24.3 Å². The minimum Gasteiger partial charge on any atom is -0.550 e. The summed E-state index contributed by atoms with van der Waals surface area (Å²) in [5, 5.41) is 21.5. The normalized spacial score (nSPS) is 14.0. The zero-order valence-corrected chi connectivity index (χ0v) is 9.75. The van der Waals surface area contributed by atoms with E-state index in [0.29, 0.717) is 12.0 Å². The molecule has 0 fully saturated rings. The highest BCUT2D eigenvalue weighted by Gasteiger charge is 2.20. The lowest BCUT2D eigenvalue weighted by Crippen LogP contribution is -2.33. The topological polar surface area (TPSA) is 83.3 Å². The Morgan fingerprint density at radius 2 is 2.12 bits per heavy atom. The van der Waals surface area contributed by atoms with Crippen molar-refractivity contribution in [1.82, 2.24) is 0 Å². The van der Waals surface area contributed by atoms with Gasteiger partial charge in [0.25, 0.3) is 5.69 Å². The molecule has 5 heteroatoms. The maximum absolute atomic E-state index is 10.8. The van der Waals surface area contributed by atoms with Gasteiger partial charge in [-0.3, -0.25) is 10.1 Å². The minimum absolute atomic E-state index is 0.0218. The van der Waals surface area contributed by atoms with Crippen molar-refractivity contribution in [3.05, 3.63) is 39.9 Å². The molecule has 5 nitrogen and oxygen atoms in total. The molecule has 0 saturated heterocycles. The maximum Gasteiger partial charge on any atom is 0.269 e. The van der Waals surface area contributed by atoms with Crippen molar-refractivity contribution >= 4 is 11.7 Å². The number of carboxylic acids is 1. The zero-order chi connectivity index (χ0) is 13.0. The van der Waals surface area contributed by atoms with Gasteiger partial charge in [-0.05, 0) is 17.9 Å². The van der Waals surface area contributed by atoms with Gasteiger partial charge in [-0.15, -0.1) is 0 Å². The Labute approximate surface area is 99.2 Å². The highest BCUT2D eigenvalue weighted by molar-refractivity contribution is 5.68. The second kappa shape index (κ2) is 5.43. The van der Waals surface area contributed by atoms with Crippen molar-refractivity contribution in [3.8, 4) is 0 Å². The Kier molecular flexibility index (Phi) is 4.20. The van der Waals surface area contributed by atoms with E-state index >= 15 is 0 Å². The molecule has 0 heterocycles. The zero-order valence-electron chi connectivity index (χ0n) is 9.75. The molecule has 0 radical (unpaired) electrons.